The number of benzene rings is 1. The van der Waals surface area contributed by atoms with Gasteiger partial charge in [0.15, 0.2) is 0 Å². The minimum atomic E-state index is -0.0447. The van der Waals surface area contributed by atoms with E-state index >= 15 is 0 Å². The normalized spacial score (nSPS) is 14.0. The molecule has 0 saturated carbocycles. The fourth-order valence-corrected chi connectivity index (χ4v) is 3.05. The number of anilines is 1. The van der Waals surface area contributed by atoms with E-state index in [9.17, 15) is 4.79 Å². The van der Waals surface area contributed by atoms with Crippen molar-refractivity contribution < 1.29 is 9.21 Å². The van der Waals surface area contributed by atoms with Gasteiger partial charge in [0.05, 0.1) is 0 Å². The van der Waals surface area contributed by atoms with Gasteiger partial charge >= 0.3 is 6.03 Å². The average Bonchev–Trinajstić information content (AvgIpc) is 2.86. The molecule has 1 N–H and O–H groups in total. The summed E-state index contributed by atoms with van der Waals surface area (Å²) in [6, 6.07) is 5.88. The van der Waals surface area contributed by atoms with Gasteiger partial charge in [-0.05, 0) is 51.3 Å². The zero-order chi connectivity index (χ0) is 14.8. The molecule has 4 nitrogen and oxygen atoms in total. The molecule has 0 spiro atoms. The summed E-state index contributed by atoms with van der Waals surface area (Å²) in [5.74, 6) is 1.13. The number of aryl methyl sites for hydroxylation is 2. The van der Waals surface area contributed by atoms with Crippen molar-refractivity contribution in [3.63, 3.8) is 0 Å². The largest absolute Gasteiger partial charge is 0.461 e. The van der Waals surface area contributed by atoms with Gasteiger partial charge in [0.2, 0.25) is 0 Å². The smallest absolute Gasteiger partial charge is 0.321 e. The number of nitrogens with zero attached hydrogens (tertiary/aromatic N) is 1. The van der Waals surface area contributed by atoms with Crippen LogP contribution in [0.25, 0.3) is 11.0 Å². The minimum Gasteiger partial charge on any atom is -0.461 e. The highest BCUT2D eigenvalue weighted by Crippen LogP contribution is 2.33. The van der Waals surface area contributed by atoms with Gasteiger partial charge in [0, 0.05) is 36.1 Å². The second-order valence-corrected chi connectivity index (χ2v) is 5.52. The molecule has 1 aliphatic carbocycles. The fraction of sp³-hybridized carbons (Fsp3) is 0.471. The molecule has 1 aromatic carbocycles. The molecule has 2 aromatic rings. The minimum absolute atomic E-state index is 0.0447. The van der Waals surface area contributed by atoms with Gasteiger partial charge in [0.1, 0.15) is 11.3 Å². The number of rotatable bonds is 3. The molecule has 0 radical (unpaired) electrons. The Hall–Kier alpha value is -1.97. The zero-order valence-electron chi connectivity index (χ0n) is 12.7. The molecule has 0 bridgehead atoms. The number of fused-ring (bicyclic) bond motifs is 3. The van der Waals surface area contributed by atoms with Crippen LogP contribution in [-0.2, 0) is 12.8 Å². The first-order valence-corrected chi connectivity index (χ1v) is 7.83. The number of hydrogen-bond acceptors (Lipinski definition) is 2. The van der Waals surface area contributed by atoms with E-state index in [2.05, 4.69) is 5.32 Å². The fourth-order valence-electron chi connectivity index (χ4n) is 3.05. The van der Waals surface area contributed by atoms with E-state index in [0.29, 0.717) is 13.1 Å². The van der Waals surface area contributed by atoms with Crippen molar-refractivity contribution in [2.75, 3.05) is 18.4 Å². The molecule has 1 heterocycles. The Labute approximate surface area is 125 Å². The van der Waals surface area contributed by atoms with Gasteiger partial charge in [-0.3, -0.25) is 0 Å². The number of amides is 2. The summed E-state index contributed by atoms with van der Waals surface area (Å²) in [7, 11) is 0. The van der Waals surface area contributed by atoms with Crippen LogP contribution in [0.15, 0.2) is 22.6 Å². The first-order chi connectivity index (χ1) is 10.2. The van der Waals surface area contributed by atoms with E-state index in [-0.39, 0.29) is 6.03 Å². The molecular weight excluding hydrogens is 264 g/mol. The number of carbonyl (C=O) groups is 1. The van der Waals surface area contributed by atoms with Crippen LogP contribution in [-0.4, -0.2) is 24.0 Å². The Morgan fingerprint density at radius 1 is 1.24 bits per heavy atom. The predicted octanol–water partition coefficient (Wildman–Crippen LogP) is 4.19. The first-order valence-electron chi connectivity index (χ1n) is 7.83. The van der Waals surface area contributed by atoms with Crippen LogP contribution in [0.2, 0.25) is 0 Å². The molecule has 3 rings (SSSR count). The van der Waals surface area contributed by atoms with E-state index in [1.54, 1.807) is 4.90 Å². The standard InChI is InChI=1S/C17H22N2O2/c1-3-19(4-2)17(20)18-12-9-10-16-14(11-12)13-7-5-6-8-15(13)21-16/h9-11H,3-8H2,1-2H3,(H,18,20). The summed E-state index contributed by atoms with van der Waals surface area (Å²) in [4.78, 5) is 13.9. The maximum atomic E-state index is 12.1. The number of furan rings is 1. The predicted molar refractivity (Wildman–Crippen MR) is 84.8 cm³/mol. The summed E-state index contributed by atoms with van der Waals surface area (Å²) >= 11 is 0. The van der Waals surface area contributed by atoms with Gasteiger partial charge in [-0.1, -0.05) is 0 Å². The lowest BCUT2D eigenvalue weighted by Gasteiger charge is -2.19. The monoisotopic (exact) mass is 286 g/mol. The van der Waals surface area contributed by atoms with Crippen molar-refractivity contribution in [3.05, 3.63) is 29.5 Å². The van der Waals surface area contributed by atoms with Crippen molar-refractivity contribution in [2.24, 2.45) is 0 Å². The molecule has 0 fully saturated rings. The Balaban J connectivity index is 1.88. The van der Waals surface area contributed by atoms with Crippen molar-refractivity contribution in [2.45, 2.75) is 39.5 Å². The Bertz CT molecular complexity index is 656. The highest BCUT2D eigenvalue weighted by atomic mass is 16.3. The van der Waals surface area contributed by atoms with Gasteiger partial charge in [-0.2, -0.15) is 0 Å². The van der Waals surface area contributed by atoms with Crippen LogP contribution in [0.1, 0.15) is 38.0 Å². The van der Waals surface area contributed by atoms with Crippen LogP contribution in [0, 0.1) is 0 Å². The zero-order valence-corrected chi connectivity index (χ0v) is 12.7. The van der Waals surface area contributed by atoms with Crippen molar-refractivity contribution in [1.82, 2.24) is 4.90 Å². The van der Waals surface area contributed by atoms with Gasteiger partial charge in [-0.25, -0.2) is 4.79 Å². The molecule has 0 atom stereocenters. The maximum absolute atomic E-state index is 12.1. The second-order valence-electron chi connectivity index (χ2n) is 5.52. The SMILES string of the molecule is CCN(CC)C(=O)Nc1ccc2oc3c(c2c1)CCCC3. The molecule has 112 valence electrons. The lowest BCUT2D eigenvalue weighted by atomic mass is 9.96. The number of urea groups is 1. The Morgan fingerprint density at radius 3 is 2.76 bits per heavy atom. The molecule has 2 amide bonds. The van der Waals surface area contributed by atoms with Gasteiger partial charge in [-0.15, -0.1) is 0 Å². The summed E-state index contributed by atoms with van der Waals surface area (Å²) in [6.45, 7) is 5.40. The third-order valence-electron chi connectivity index (χ3n) is 4.26. The van der Waals surface area contributed by atoms with E-state index in [4.69, 9.17) is 4.42 Å². The molecule has 1 aromatic heterocycles. The van der Waals surface area contributed by atoms with Crippen LogP contribution < -0.4 is 5.32 Å². The topological polar surface area (TPSA) is 45.5 Å². The molecule has 1 aliphatic rings. The Kier molecular flexibility index (Phi) is 3.86. The summed E-state index contributed by atoms with van der Waals surface area (Å²) < 4.78 is 5.92. The molecule has 0 saturated heterocycles. The van der Waals surface area contributed by atoms with Crippen LogP contribution in [0.3, 0.4) is 0 Å². The van der Waals surface area contributed by atoms with E-state index in [0.717, 1.165) is 35.3 Å². The third-order valence-corrected chi connectivity index (χ3v) is 4.26. The highest BCUT2D eigenvalue weighted by Gasteiger charge is 2.18. The molecule has 21 heavy (non-hydrogen) atoms. The summed E-state index contributed by atoms with van der Waals surface area (Å²) in [5.41, 5.74) is 3.10. The Morgan fingerprint density at radius 2 is 2.00 bits per heavy atom. The van der Waals surface area contributed by atoms with Gasteiger partial charge < -0.3 is 14.6 Å². The molecule has 0 unspecified atom stereocenters. The van der Waals surface area contributed by atoms with Crippen LogP contribution in [0.4, 0.5) is 10.5 Å². The quantitative estimate of drug-likeness (QED) is 0.919. The molecular formula is C17H22N2O2. The van der Waals surface area contributed by atoms with E-state index < -0.39 is 0 Å². The van der Waals surface area contributed by atoms with Crippen molar-refractivity contribution in [3.8, 4) is 0 Å². The first kappa shape index (κ1) is 14.0. The second kappa shape index (κ2) is 5.80. The van der Waals surface area contributed by atoms with Crippen molar-refractivity contribution in [1.29, 1.82) is 0 Å². The maximum Gasteiger partial charge on any atom is 0.321 e. The van der Waals surface area contributed by atoms with Crippen molar-refractivity contribution >= 4 is 22.7 Å². The highest BCUT2D eigenvalue weighted by molar-refractivity contribution is 5.93. The number of carbonyl (C=O) groups excluding carboxylic acids is 1. The van der Waals surface area contributed by atoms with E-state index in [1.165, 1.54) is 18.4 Å². The number of nitrogens with one attached hydrogen (secondary N) is 1. The lowest BCUT2D eigenvalue weighted by molar-refractivity contribution is 0.217. The molecule has 4 heteroatoms. The molecule has 0 aliphatic heterocycles. The third kappa shape index (κ3) is 2.62. The average molecular weight is 286 g/mol. The lowest BCUT2D eigenvalue weighted by Crippen LogP contribution is -2.34. The van der Waals surface area contributed by atoms with Gasteiger partial charge in [0.25, 0.3) is 0 Å². The summed E-state index contributed by atoms with van der Waals surface area (Å²) in [6.07, 6.45) is 4.54. The van der Waals surface area contributed by atoms with Crippen LogP contribution in [0.5, 0.6) is 0 Å². The van der Waals surface area contributed by atoms with Crippen LogP contribution >= 0.6 is 0 Å². The summed E-state index contributed by atoms with van der Waals surface area (Å²) in [5, 5.41) is 4.13. The number of hydrogen-bond donors (Lipinski definition) is 1. The van der Waals surface area contributed by atoms with E-state index in [1.807, 2.05) is 32.0 Å².